The van der Waals surface area contributed by atoms with Crippen LogP contribution in [-0.4, -0.2) is 62.5 Å². The van der Waals surface area contributed by atoms with Gasteiger partial charge in [0, 0.05) is 0 Å². The number of amides is 1. The van der Waals surface area contributed by atoms with E-state index in [1.165, 1.54) is 270 Å². The topological polar surface area (TPSA) is 130 Å². The van der Waals surface area contributed by atoms with Crippen molar-refractivity contribution in [2.45, 2.75) is 399 Å². The molecule has 0 heterocycles. The molecule has 2 atom stereocenters. The van der Waals surface area contributed by atoms with Crippen molar-refractivity contribution in [2.24, 2.45) is 5.73 Å². The third kappa shape index (κ3) is 43.5. The van der Waals surface area contributed by atoms with Gasteiger partial charge >= 0.3 is 5.97 Å². The second-order valence-electron chi connectivity index (χ2n) is 31.3. The van der Waals surface area contributed by atoms with Gasteiger partial charge in [0.05, 0.1) is 37.6 Å². The lowest BCUT2D eigenvalue weighted by Crippen LogP contribution is -2.51. The molecule has 1 amide bonds. The number of nitrogens with two attached hydrogens (primary N) is 1. The molecular formula is C93H155N3O7. The van der Waals surface area contributed by atoms with Crippen LogP contribution in [0.1, 0.15) is 391 Å². The first-order valence-electron chi connectivity index (χ1n) is 43.4. The van der Waals surface area contributed by atoms with Crippen molar-refractivity contribution in [3.8, 4) is 17.2 Å². The summed E-state index contributed by atoms with van der Waals surface area (Å²) in [6, 6.07) is 33.8. The Balaban J connectivity index is 1.48. The summed E-state index contributed by atoms with van der Waals surface area (Å²) in [5, 5.41) is 7.00. The molecule has 0 fully saturated rings. The number of hydrogen-bond acceptors (Lipinski definition) is 9. The van der Waals surface area contributed by atoms with E-state index in [2.05, 4.69) is 122 Å². The summed E-state index contributed by atoms with van der Waals surface area (Å²) in [5.74, 6) is 0.930. The van der Waals surface area contributed by atoms with Crippen LogP contribution < -0.4 is 30.6 Å². The lowest BCUT2D eigenvalue weighted by molar-refractivity contribution is -0.149. The van der Waals surface area contributed by atoms with Crippen molar-refractivity contribution < 1.29 is 33.3 Å². The summed E-state index contributed by atoms with van der Waals surface area (Å²) in [4.78, 5) is 28.6. The van der Waals surface area contributed by atoms with Gasteiger partial charge < -0.3 is 34.7 Å². The first kappa shape index (κ1) is 90.5. The van der Waals surface area contributed by atoms with Gasteiger partial charge in [-0.15, -0.1) is 0 Å². The van der Waals surface area contributed by atoms with Crippen LogP contribution in [0.15, 0.2) is 103 Å². The minimum Gasteiger partial charge on any atom is -0.490 e. The van der Waals surface area contributed by atoms with Crippen molar-refractivity contribution in [2.75, 3.05) is 33.0 Å². The lowest BCUT2D eigenvalue weighted by Gasteiger charge is -2.37. The predicted octanol–water partition coefficient (Wildman–Crippen LogP) is 26.0. The molecule has 0 spiro atoms. The smallest absolute Gasteiger partial charge is 0.328 e. The molecule has 4 aromatic rings. The highest BCUT2D eigenvalue weighted by Crippen LogP contribution is 2.41. The number of hydrogen-bond donors (Lipinski definition) is 3. The summed E-state index contributed by atoms with van der Waals surface area (Å²) in [5.41, 5.74) is 9.49. The molecule has 0 aromatic heterocycles. The van der Waals surface area contributed by atoms with Crippen LogP contribution in [0, 0.1) is 0 Å². The average Bonchev–Trinajstić information content (AvgIpc) is 0.758. The number of carbonyl (C=O) groups is 2. The largest absolute Gasteiger partial charge is 0.490 e. The predicted molar refractivity (Wildman–Crippen MR) is 438 cm³/mol. The van der Waals surface area contributed by atoms with Crippen molar-refractivity contribution in [3.63, 3.8) is 0 Å². The van der Waals surface area contributed by atoms with E-state index in [0.717, 1.165) is 60.8 Å². The number of unbranched alkanes of at least 4 members (excludes halogenated alkanes) is 46. The molecule has 4 rings (SSSR count). The molecule has 4 aromatic carbocycles. The minimum atomic E-state index is -0.977. The van der Waals surface area contributed by atoms with Crippen LogP contribution >= 0.6 is 0 Å². The van der Waals surface area contributed by atoms with Gasteiger partial charge in [0.1, 0.15) is 18.7 Å². The van der Waals surface area contributed by atoms with E-state index in [-0.39, 0.29) is 13.2 Å². The summed E-state index contributed by atoms with van der Waals surface area (Å²) in [6.07, 6.45) is 64.7. The summed E-state index contributed by atoms with van der Waals surface area (Å²) in [7, 11) is 0. The lowest BCUT2D eigenvalue weighted by atomic mass is 9.77. The maximum Gasteiger partial charge on any atom is 0.328 e. The number of nitrogens with one attached hydrogen (secondary N) is 2. The molecule has 0 aliphatic heterocycles. The van der Waals surface area contributed by atoms with E-state index in [4.69, 9.17) is 29.4 Å². The Hall–Kier alpha value is -4.90. The Kier molecular flexibility index (Phi) is 53.7. The zero-order valence-corrected chi connectivity index (χ0v) is 67.2. The number of benzene rings is 4. The molecule has 0 saturated heterocycles. The summed E-state index contributed by atoms with van der Waals surface area (Å²) in [6.45, 7) is 15.0. The third-order valence-corrected chi connectivity index (χ3v) is 20.8. The fourth-order valence-electron chi connectivity index (χ4n) is 14.4. The average molecular weight is 1430 g/mol. The van der Waals surface area contributed by atoms with Crippen LogP contribution in [0.25, 0.3) is 0 Å². The number of ether oxygens (including phenoxy) is 5. The zero-order valence-electron chi connectivity index (χ0n) is 67.2. The first-order valence-corrected chi connectivity index (χ1v) is 43.4. The Bertz CT molecular complexity index is 2440. The normalized spacial score (nSPS) is 12.4. The minimum absolute atomic E-state index is 0.0138. The molecule has 10 heteroatoms. The Labute approximate surface area is 632 Å². The van der Waals surface area contributed by atoms with Crippen LogP contribution in [0.4, 0.5) is 0 Å². The Morgan fingerprint density at radius 2 is 0.689 bits per heavy atom. The molecule has 0 unspecified atom stereocenters. The molecule has 0 radical (unpaired) electrons. The highest BCUT2D eigenvalue weighted by molar-refractivity contribution is 5.87. The van der Waals surface area contributed by atoms with Gasteiger partial charge in [-0.3, -0.25) is 10.1 Å². The van der Waals surface area contributed by atoms with Crippen LogP contribution in [0.2, 0.25) is 0 Å². The van der Waals surface area contributed by atoms with Gasteiger partial charge in [0.2, 0.25) is 11.7 Å². The van der Waals surface area contributed by atoms with Crippen molar-refractivity contribution in [1.29, 1.82) is 0 Å². The fourth-order valence-corrected chi connectivity index (χ4v) is 14.4. The molecule has 584 valence electrons. The van der Waals surface area contributed by atoms with E-state index < -0.39 is 35.1 Å². The third-order valence-electron chi connectivity index (χ3n) is 20.8. The zero-order chi connectivity index (χ0) is 73.6. The summed E-state index contributed by atoms with van der Waals surface area (Å²) >= 11 is 0. The molecule has 10 nitrogen and oxygen atoms in total. The quantitative estimate of drug-likeness (QED) is 0.0225. The molecule has 4 N–H and O–H groups in total. The maximum atomic E-state index is 14.7. The molecule has 103 heavy (non-hydrogen) atoms. The van der Waals surface area contributed by atoms with E-state index in [1.807, 2.05) is 32.9 Å². The standard InChI is InChI=1S/C93H155N3O7/c1-7-10-13-16-19-22-25-28-31-34-37-40-43-46-49-63-74-99-87-77-81(78-88(100-75-64-50-47-44-41-38-35-32-29-26-23-20-17-14-11-8-2)89(87)101-76-65-51-48-45-42-39-36-33-30-27-24-21-18-15-12-9-3)79-102-91(98)86(96-90(97)85(94)80-103-92(4,5)6)72-61-62-73-95-93(82-66-55-52-56-67-82,83-68-57-53-58-69-83)84-70-59-54-60-71-84/h52-60,66-71,77-78,85-86,95H,7-51,61-65,72-76,79-80,94H2,1-6H3,(H,96,97)/t85-,86-/m0/s1. The first-order chi connectivity index (χ1) is 50.5. The van der Waals surface area contributed by atoms with Gasteiger partial charge in [-0.05, 0) is 100 Å². The van der Waals surface area contributed by atoms with E-state index in [1.54, 1.807) is 0 Å². The Morgan fingerprint density at radius 3 is 1.00 bits per heavy atom. The molecular weight excluding hydrogens is 1270 g/mol. The van der Waals surface area contributed by atoms with Gasteiger partial charge in [-0.2, -0.15) is 0 Å². The molecule has 0 aliphatic rings. The monoisotopic (exact) mass is 1430 g/mol. The molecule has 0 bridgehead atoms. The van der Waals surface area contributed by atoms with Gasteiger partial charge in [0.25, 0.3) is 0 Å². The summed E-state index contributed by atoms with van der Waals surface area (Å²) < 4.78 is 32.6. The van der Waals surface area contributed by atoms with E-state index in [0.29, 0.717) is 62.9 Å². The van der Waals surface area contributed by atoms with Gasteiger partial charge in [-0.25, -0.2) is 4.79 Å². The van der Waals surface area contributed by atoms with E-state index in [9.17, 15) is 9.59 Å². The van der Waals surface area contributed by atoms with Crippen molar-refractivity contribution in [1.82, 2.24) is 10.6 Å². The van der Waals surface area contributed by atoms with Crippen molar-refractivity contribution in [3.05, 3.63) is 125 Å². The van der Waals surface area contributed by atoms with Crippen LogP contribution in [0.3, 0.4) is 0 Å². The second-order valence-corrected chi connectivity index (χ2v) is 31.3. The second kappa shape index (κ2) is 61.1. The van der Waals surface area contributed by atoms with Crippen LogP contribution in [0.5, 0.6) is 17.2 Å². The highest BCUT2D eigenvalue weighted by Gasteiger charge is 2.36. The number of esters is 1. The fraction of sp³-hybridized carbons (Fsp3) is 0.720. The molecule has 0 saturated carbocycles. The van der Waals surface area contributed by atoms with Gasteiger partial charge in [0.15, 0.2) is 11.5 Å². The Morgan fingerprint density at radius 1 is 0.388 bits per heavy atom. The highest BCUT2D eigenvalue weighted by atomic mass is 16.5. The molecule has 0 aliphatic carbocycles. The number of carbonyl (C=O) groups excluding carboxylic acids is 2. The van der Waals surface area contributed by atoms with Crippen LogP contribution in [-0.2, 0) is 31.2 Å². The van der Waals surface area contributed by atoms with Gasteiger partial charge in [-0.1, -0.05) is 401 Å². The maximum absolute atomic E-state index is 14.7. The van der Waals surface area contributed by atoms with Crippen molar-refractivity contribution >= 4 is 11.9 Å². The van der Waals surface area contributed by atoms with E-state index >= 15 is 0 Å². The number of rotatable bonds is 70. The SMILES string of the molecule is CCCCCCCCCCCCCCCCCCOc1cc(COC(=O)[C@H](CCCCNC(c2ccccc2)(c2ccccc2)c2ccccc2)NC(=O)[C@@H](N)COC(C)(C)C)cc(OCCCCCCCCCCCCCCCCCC)c1OCCCCCCCCCCCCCCCCCC.